The number of nitrogens with one attached hydrogen (secondary N) is 1. The molecule has 0 unspecified atom stereocenters. The van der Waals surface area contributed by atoms with E-state index in [1.807, 2.05) is 24.4 Å². The third kappa shape index (κ3) is 3.44. The van der Waals surface area contributed by atoms with Gasteiger partial charge in [0.25, 0.3) is 5.91 Å². The van der Waals surface area contributed by atoms with E-state index in [0.29, 0.717) is 24.2 Å². The lowest BCUT2D eigenvalue weighted by Gasteiger charge is -2.29. The number of anilines is 2. The molecular weight excluding hydrogens is 380 g/mol. The molecule has 0 saturated heterocycles. The van der Waals surface area contributed by atoms with Gasteiger partial charge in [0.05, 0.1) is 17.6 Å². The van der Waals surface area contributed by atoms with Crippen molar-refractivity contribution in [2.24, 2.45) is 0 Å². The second-order valence-electron chi connectivity index (χ2n) is 6.57. The smallest absolute Gasteiger partial charge is 0.258 e. The van der Waals surface area contributed by atoms with Crippen molar-refractivity contribution >= 4 is 27.3 Å². The molecular formula is C19H18N4O4S. The van der Waals surface area contributed by atoms with Crippen molar-refractivity contribution < 1.29 is 18.3 Å². The molecule has 8 nitrogen and oxygen atoms in total. The molecule has 0 atom stereocenters. The van der Waals surface area contributed by atoms with Crippen molar-refractivity contribution in [1.82, 2.24) is 9.78 Å². The molecule has 144 valence electrons. The number of phenols is 1. The Morgan fingerprint density at radius 1 is 1.14 bits per heavy atom. The zero-order valence-corrected chi connectivity index (χ0v) is 15.8. The molecule has 2 heterocycles. The van der Waals surface area contributed by atoms with Crippen LogP contribution in [0.3, 0.4) is 0 Å². The molecule has 3 aromatic rings. The first-order valence-electron chi connectivity index (χ1n) is 8.57. The molecule has 0 spiro atoms. The van der Waals surface area contributed by atoms with E-state index in [-0.39, 0.29) is 17.3 Å². The van der Waals surface area contributed by atoms with Gasteiger partial charge in [0, 0.05) is 30.2 Å². The summed E-state index contributed by atoms with van der Waals surface area (Å²) in [6.45, 7) is 0.442. The molecule has 0 saturated carbocycles. The Kier molecular flexibility index (Phi) is 4.31. The van der Waals surface area contributed by atoms with Gasteiger partial charge in [-0.3, -0.25) is 9.52 Å². The van der Waals surface area contributed by atoms with Crippen molar-refractivity contribution in [2.75, 3.05) is 22.4 Å². The maximum atomic E-state index is 13.0. The molecule has 1 aliphatic heterocycles. The molecule has 4 rings (SSSR count). The zero-order chi connectivity index (χ0) is 19.9. The van der Waals surface area contributed by atoms with Crippen molar-refractivity contribution in [1.29, 1.82) is 0 Å². The van der Waals surface area contributed by atoms with Crippen LogP contribution in [0.5, 0.6) is 5.75 Å². The summed E-state index contributed by atoms with van der Waals surface area (Å²) in [6, 6.07) is 11.8. The highest BCUT2D eigenvalue weighted by Crippen LogP contribution is 2.32. The number of aromatic hydroxyl groups is 1. The van der Waals surface area contributed by atoms with Gasteiger partial charge in [0.1, 0.15) is 5.75 Å². The van der Waals surface area contributed by atoms with E-state index in [9.17, 15) is 18.3 Å². The summed E-state index contributed by atoms with van der Waals surface area (Å²) in [5.74, 6) is -0.382. The maximum Gasteiger partial charge on any atom is 0.258 e. The van der Waals surface area contributed by atoms with Crippen LogP contribution < -0.4 is 9.62 Å². The summed E-state index contributed by atoms with van der Waals surface area (Å²) in [4.78, 5) is 14.6. The lowest BCUT2D eigenvalue weighted by atomic mass is 9.97. The second kappa shape index (κ2) is 6.68. The molecule has 1 amide bonds. The van der Waals surface area contributed by atoms with Crippen molar-refractivity contribution in [3.63, 3.8) is 0 Å². The number of carbonyl (C=O) groups excluding carboxylic acids is 1. The summed E-state index contributed by atoms with van der Waals surface area (Å²) < 4.78 is 27.0. The summed E-state index contributed by atoms with van der Waals surface area (Å²) in [7, 11) is -3.56. The predicted octanol–water partition coefficient (Wildman–Crippen LogP) is 2.15. The van der Waals surface area contributed by atoms with Gasteiger partial charge in [-0.1, -0.05) is 0 Å². The molecule has 0 bridgehead atoms. The van der Waals surface area contributed by atoms with E-state index in [2.05, 4.69) is 9.82 Å². The van der Waals surface area contributed by atoms with Crippen molar-refractivity contribution in [2.45, 2.75) is 6.42 Å². The fourth-order valence-electron chi connectivity index (χ4n) is 3.26. The fourth-order valence-corrected chi connectivity index (χ4v) is 3.82. The van der Waals surface area contributed by atoms with E-state index in [0.717, 1.165) is 17.5 Å². The molecule has 0 aliphatic carbocycles. The lowest BCUT2D eigenvalue weighted by Crippen LogP contribution is -2.37. The molecule has 0 fully saturated rings. The largest absolute Gasteiger partial charge is 0.506 e. The average Bonchev–Trinajstić information content (AvgIpc) is 3.17. The normalized spacial score (nSPS) is 14.0. The van der Waals surface area contributed by atoms with Gasteiger partial charge < -0.3 is 10.0 Å². The first kappa shape index (κ1) is 18.1. The molecule has 1 aromatic heterocycles. The van der Waals surface area contributed by atoms with E-state index >= 15 is 0 Å². The van der Waals surface area contributed by atoms with E-state index in [4.69, 9.17) is 0 Å². The number of nitrogens with zero attached hydrogens (tertiary/aromatic N) is 3. The highest BCUT2D eigenvalue weighted by Gasteiger charge is 2.26. The number of amides is 1. The maximum absolute atomic E-state index is 13.0. The van der Waals surface area contributed by atoms with Crippen LogP contribution in [0.1, 0.15) is 15.9 Å². The Labute approximate surface area is 162 Å². The second-order valence-corrected chi connectivity index (χ2v) is 8.32. The Morgan fingerprint density at radius 3 is 2.64 bits per heavy atom. The van der Waals surface area contributed by atoms with Gasteiger partial charge in [-0.2, -0.15) is 5.10 Å². The van der Waals surface area contributed by atoms with Crippen LogP contribution in [0.25, 0.3) is 5.69 Å². The quantitative estimate of drug-likeness (QED) is 0.656. The van der Waals surface area contributed by atoms with Crippen LogP contribution in [-0.2, 0) is 16.4 Å². The van der Waals surface area contributed by atoms with E-state index < -0.39 is 10.0 Å². The fraction of sp³-hybridized carbons (Fsp3) is 0.158. The number of phenolic OH excluding ortho intramolecular Hbond substituents is 1. The van der Waals surface area contributed by atoms with Crippen LogP contribution in [0.2, 0.25) is 0 Å². The van der Waals surface area contributed by atoms with Gasteiger partial charge in [-0.15, -0.1) is 0 Å². The molecule has 9 heteroatoms. The van der Waals surface area contributed by atoms with Crippen LogP contribution in [-0.4, -0.2) is 42.0 Å². The number of rotatable bonds is 4. The minimum absolute atomic E-state index is 0.0348. The van der Waals surface area contributed by atoms with E-state index in [1.165, 1.54) is 12.1 Å². The Bertz CT molecular complexity index is 1160. The van der Waals surface area contributed by atoms with Crippen LogP contribution in [0.4, 0.5) is 11.4 Å². The van der Waals surface area contributed by atoms with Gasteiger partial charge >= 0.3 is 0 Å². The lowest BCUT2D eigenvalue weighted by molar-refractivity contribution is 0.0980. The zero-order valence-electron chi connectivity index (χ0n) is 15.0. The monoisotopic (exact) mass is 398 g/mol. The Morgan fingerprint density at radius 2 is 1.93 bits per heavy atom. The molecule has 1 aliphatic rings. The highest BCUT2D eigenvalue weighted by molar-refractivity contribution is 7.92. The van der Waals surface area contributed by atoms with E-state index in [1.54, 1.807) is 27.9 Å². The SMILES string of the molecule is CS(=O)(=O)Nc1cc(N2CCc3cc(-n4cccn4)ccc3C2=O)ccc1O. The Balaban J connectivity index is 1.66. The van der Waals surface area contributed by atoms with Gasteiger partial charge in [0.15, 0.2) is 0 Å². The standard InChI is InChI=1S/C19H18N4O4S/c1-28(26,27)21-17-12-14(4-6-18(17)24)22-10-7-13-11-15(23-9-2-8-20-23)3-5-16(13)19(22)25/h2-6,8-9,11-12,21,24H,7,10H2,1H3. The number of hydrogen-bond acceptors (Lipinski definition) is 5. The van der Waals surface area contributed by atoms with Crippen molar-refractivity contribution in [3.8, 4) is 11.4 Å². The molecule has 0 radical (unpaired) electrons. The number of sulfonamides is 1. The third-order valence-electron chi connectivity index (χ3n) is 4.53. The third-order valence-corrected chi connectivity index (χ3v) is 5.12. The number of hydrogen-bond donors (Lipinski definition) is 2. The number of fused-ring (bicyclic) bond motifs is 1. The summed E-state index contributed by atoms with van der Waals surface area (Å²) in [5, 5.41) is 14.1. The van der Waals surface area contributed by atoms with Gasteiger partial charge in [0.2, 0.25) is 10.0 Å². The van der Waals surface area contributed by atoms with Crippen LogP contribution >= 0.6 is 0 Å². The Hall–Kier alpha value is -3.33. The molecule has 2 aromatic carbocycles. The molecule has 28 heavy (non-hydrogen) atoms. The van der Waals surface area contributed by atoms with Crippen molar-refractivity contribution in [3.05, 3.63) is 66.0 Å². The first-order valence-corrected chi connectivity index (χ1v) is 10.5. The number of aromatic nitrogens is 2. The number of carbonyl (C=O) groups is 1. The minimum atomic E-state index is -3.56. The molecule has 2 N–H and O–H groups in total. The van der Waals surface area contributed by atoms with Crippen LogP contribution in [0.15, 0.2) is 54.9 Å². The topological polar surface area (TPSA) is 105 Å². The van der Waals surface area contributed by atoms with Crippen LogP contribution in [0, 0.1) is 0 Å². The first-order chi connectivity index (χ1) is 13.3. The summed E-state index contributed by atoms with van der Waals surface area (Å²) in [5.41, 5.74) is 2.95. The summed E-state index contributed by atoms with van der Waals surface area (Å²) in [6.07, 6.45) is 5.18. The predicted molar refractivity (Wildman–Crippen MR) is 106 cm³/mol. The van der Waals surface area contributed by atoms with Gasteiger partial charge in [-0.25, -0.2) is 13.1 Å². The highest BCUT2D eigenvalue weighted by atomic mass is 32.2. The van der Waals surface area contributed by atoms with Gasteiger partial charge in [-0.05, 0) is 54.4 Å². The average molecular weight is 398 g/mol. The minimum Gasteiger partial charge on any atom is -0.506 e. The number of benzene rings is 2. The summed E-state index contributed by atoms with van der Waals surface area (Å²) >= 11 is 0.